The predicted molar refractivity (Wildman–Crippen MR) is 206 cm³/mol. The van der Waals surface area contributed by atoms with Crippen LogP contribution in [0.4, 0.5) is 9.59 Å². The molecule has 51 heavy (non-hydrogen) atoms. The number of aryl methyl sites for hydroxylation is 2. The van der Waals surface area contributed by atoms with Gasteiger partial charge in [-0.05, 0) is 143 Å². The molecule has 2 aromatic carbocycles. The van der Waals surface area contributed by atoms with Crippen molar-refractivity contribution in [1.82, 2.24) is 30.6 Å². The zero-order chi connectivity index (χ0) is 36.6. The summed E-state index contributed by atoms with van der Waals surface area (Å²) in [5, 5.41) is 6.66. The van der Waals surface area contributed by atoms with Crippen LogP contribution in [0.5, 0.6) is 0 Å². The average molecular weight is 823 g/mol. The van der Waals surface area contributed by atoms with Crippen LogP contribution in [-0.2, 0) is 22.3 Å². The Kier molecular flexibility index (Phi) is 15.0. The van der Waals surface area contributed by atoms with E-state index in [9.17, 15) is 9.59 Å². The van der Waals surface area contributed by atoms with E-state index in [4.69, 9.17) is 44.3 Å². The number of nitrogens with zero attached hydrogens (tertiary/aromatic N) is 4. The number of aromatic nitrogens is 4. The number of nitrogens with one attached hydrogen (secondary N) is 2. The number of amides is 2. The number of rotatable bonds is 3. The van der Waals surface area contributed by atoms with Crippen LogP contribution in [0.2, 0.25) is 15.7 Å². The first kappa shape index (κ1) is 41.9. The minimum atomic E-state index is -0.498. The van der Waals surface area contributed by atoms with Crippen molar-refractivity contribution in [2.45, 2.75) is 97.9 Å². The number of fused-ring (bicyclic) bond motifs is 2. The number of hydrogen-bond acceptors (Lipinski definition) is 8. The van der Waals surface area contributed by atoms with E-state index < -0.39 is 11.2 Å². The predicted octanol–water partition coefficient (Wildman–Crippen LogP) is 10.7. The van der Waals surface area contributed by atoms with Crippen LogP contribution in [0.3, 0.4) is 0 Å². The fourth-order valence-corrected chi connectivity index (χ4v) is 6.26. The number of alkyl carbamates (subject to hydrolysis) is 2. The van der Waals surface area contributed by atoms with E-state index in [2.05, 4.69) is 64.7 Å². The molecule has 0 radical (unpaired) electrons. The molecule has 0 fully saturated rings. The smallest absolute Gasteiger partial charge is 0.408 e. The van der Waals surface area contributed by atoms with E-state index in [-0.39, 0.29) is 42.3 Å². The first-order chi connectivity index (χ1) is 23.5. The molecule has 2 aliphatic carbocycles. The van der Waals surface area contributed by atoms with Crippen molar-refractivity contribution >= 4 is 62.9 Å². The summed E-state index contributed by atoms with van der Waals surface area (Å²) < 4.78 is 11.7. The van der Waals surface area contributed by atoms with Gasteiger partial charge in [-0.25, -0.2) is 29.5 Å². The van der Waals surface area contributed by atoms with Gasteiger partial charge in [-0.2, -0.15) is 0 Å². The summed E-state index contributed by atoms with van der Waals surface area (Å²) in [5.74, 6) is 0. The summed E-state index contributed by atoms with van der Waals surface area (Å²) >= 11 is 20.1. The third-order valence-electron chi connectivity index (χ3n) is 7.30. The largest absolute Gasteiger partial charge is 0.444 e. The van der Waals surface area contributed by atoms with Gasteiger partial charge in [0.2, 0.25) is 10.6 Å². The molecule has 10 nitrogen and oxygen atoms in total. The number of halogens is 4. The molecular formula is C37H44BrCl3N6O4. The standard InChI is InChI=1S/C18H20ClN3O2.C14H18BrNO2.C4H2Cl2N2.CH4/c1-18(2,3)24-17(23)22-15-7-5-11-10-12(4-6-13(11)15)14-8-9-20-16(19)21-14;1-14(2,3)18-13(17)16-12-7-4-9-8-10(15)5-6-11(9)12;5-3-1-2-7-4(6)8-3;/h4,6,8-10,15H,5,7H2,1-3H3,(H,22,23);5-6,8,12H,4,7H2,1-3H3,(H,16,17);1-2H;1H4. The quantitative estimate of drug-likeness (QED) is 0.154. The molecule has 2 heterocycles. The second kappa shape index (κ2) is 18.3. The minimum absolute atomic E-state index is 0. The fourth-order valence-electron chi connectivity index (χ4n) is 5.37. The molecule has 0 saturated heterocycles. The van der Waals surface area contributed by atoms with E-state index in [1.807, 2.05) is 65.8 Å². The maximum atomic E-state index is 12.0. The van der Waals surface area contributed by atoms with Crippen molar-refractivity contribution in [3.8, 4) is 11.3 Å². The van der Waals surface area contributed by atoms with Gasteiger partial charge in [0.15, 0.2) is 0 Å². The van der Waals surface area contributed by atoms with Crippen molar-refractivity contribution < 1.29 is 19.1 Å². The summed E-state index contributed by atoms with van der Waals surface area (Å²) in [7, 11) is 0. The number of carbonyl (C=O) groups excluding carboxylic acids is 2. The highest BCUT2D eigenvalue weighted by molar-refractivity contribution is 9.10. The third-order valence-corrected chi connectivity index (χ3v) is 8.37. The zero-order valence-corrected chi connectivity index (χ0v) is 32.5. The molecule has 2 unspecified atom stereocenters. The summed E-state index contributed by atoms with van der Waals surface area (Å²) in [6.07, 6.45) is 6.11. The van der Waals surface area contributed by atoms with Crippen LogP contribution in [0.1, 0.15) is 96.1 Å². The molecule has 2 amide bonds. The molecule has 274 valence electrons. The van der Waals surface area contributed by atoms with Gasteiger partial charge in [0.05, 0.1) is 17.8 Å². The molecule has 6 rings (SSSR count). The highest BCUT2D eigenvalue weighted by Gasteiger charge is 2.28. The molecule has 2 atom stereocenters. The van der Waals surface area contributed by atoms with Gasteiger partial charge in [-0.15, -0.1) is 0 Å². The normalized spacial score (nSPS) is 15.7. The molecule has 2 aromatic heterocycles. The lowest BCUT2D eigenvalue weighted by atomic mass is 10.0. The van der Waals surface area contributed by atoms with Gasteiger partial charge >= 0.3 is 12.2 Å². The Morgan fingerprint density at radius 2 is 1.22 bits per heavy atom. The Balaban J connectivity index is 0.000000229. The Morgan fingerprint density at radius 3 is 1.69 bits per heavy atom. The topological polar surface area (TPSA) is 128 Å². The second-order valence-corrected chi connectivity index (χ2v) is 15.6. The highest BCUT2D eigenvalue weighted by Crippen LogP contribution is 2.35. The number of hydrogen-bond donors (Lipinski definition) is 2. The highest BCUT2D eigenvalue weighted by atomic mass is 79.9. The lowest BCUT2D eigenvalue weighted by Gasteiger charge is -2.22. The molecule has 0 aliphatic heterocycles. The molecule has 0 bridgehead atoms. The minimum Gasteiger partial charge on any atom is -0.444 e. The number of carbonyl (C=O) groups is 2. The monoisotopic (exact) mass is 820 g/mol. The van der Waals surface area contributed by atoms with E-state index in [0.29, 0.717) is 5.15 Å². The summed E-state index contributed by atoms with van der Waals surface area (Å²) in [6.45, 7) is 11.2. The van der Waals surface area contributed by atoms with Gasteiger partial charge in [-0.1, -0.05) is 53.2 Å². The SMILES string of the molecule is C.CC(C)(C)OC(=O)NC1CCc2cc(-c3ccnc(Cl)n3)ccc21.CC(C)(C)OC(=O)NC1CCc2cc(Br)ccc21.Clc1ccnc(Cl)n1. The second-order valence-electron chi connectivity index (χ2n) is 13.6. The van der Waals surface area contributed by atoms with Gasteiger partial charge in [0.1, 0.15) is 16.4 Å². The van der Waals surface area contributed by atoms with Crippen LogP contribution in [0.25, 0.3) is 11.3 Å². The van der Waals surface area contributed by atoms with Crippen molar-refractivity contribution in [2.75, 3.05) is 0 Å². The van der Waals surface area contributed by atoms with Crippen LogP contribution < -0.4 is 10.6 Å². The lowest BCUT2D eigenvalue weighted by Crippen LogP contribution is -2.34. The van der Waals surface area contributed by atoms with Crippen LogP contribution >= 0.6 is 50.7 Å². The van der Waals surface area contributed by atoms with Crippen LogP contribution in [0, 0.1) is 0 Å². The summed E-state index contributed by atoms with van der Waals surface area (Å²) in [6, 6.07) is 15.8. The molecule has 0 spiro atoms. The van der Waals surface area contributed by atoms with Gasteiger partial charge < -0.3 is 20.1 Å². The maximum Gasteiger partial charge on any atom is 0.408 e. The fraction of sp³-hybridized carbons (Fsp3) is 0.405. The summed E-state index contributed by atoms with van der Waals surface area (Å²) in [5.41, 5.74) is 5.67. The molecule has 0 saturated carbocycles. The van der Waals surface area contributed by atoms with E-state index in [1.54, 1.807) is 12.3 Å². The molecule has 2 aliphatic rings. The third kappa shape index (κ3) is 13.5. The Bertz CT molecular complexity index is 1800. The zero-order valence-electron chi connectivity index (χ0n) is 28.7. The van der Waals surface area contributed by atoms with Gasteiger partial charge in [0, 0.05) is 22.4 Å². The van der Waals surface area contributed by atoms with Gasteiger partial charge in [-0.3, -0.25) is 0 Å². The number of benzene rings is 2. The van der Waals surface area contributed by atoms with E-state index >= 15 is 0 Å². The van der Waals surface area contributed by atoms with Crippen molar-refractivity contribution in [2.24, 2.45) is 0 Å². The van der Waals surface area contributed by atoms with Crippen molar-refractivity contribution in [3.05, 3.63) is 103 Å². The van der Waals surface area contributed by atoms with E-state index in [1.165, 1.54) is 22.9 Å². The number of ether oxygens (including phenoxy) is 2. The average Bonchev–Trinajstić information content (AvgIpc) is 3.58. The Morgan fingerprint density at radius 1 is 0.725 bits per heavy atom. The first-order valence-corrected chi connectivity index (χ1v) is 17.9. The Labute approximate surface area is 323 Å². The van der Waals surface area contributed by atoms with Crippen molar-refractivity contribution in [3.63, 3.8) is 0 Å². The molecule has 14 heteroatoms. The van der Waals surface area contributed by atoms with Gasteiger partial charge in [0.25, 0.3) is 0 Å². The maximum absolute atomic E-state index is 12.0. The molecule has 4 aromatic rings. The molecular weight excluding hydrogens is 779 g/mol. The lowest BCUT2D eigenvalue weighted by molar-refractivity contribution is 0.0492. The van der Waals surface area contributed by atoms with Crippen LogP contribution in [0.15, 0.2) is 65.4 Å². The van der Waals surface area contributed by atoms with E-state index in [0.717, 1.165) is 47.0 Å². The van der Waals surface area contributed by atoms with Crippen molar-refractivity contribution in [1.29, 1.82) is 0 Å². The molecule has 2 N–H and O–H groups in total. The summed E-state index contributed by atoms with van der Waals surface area (Å²) in [4.78, 5) is 39.1. The van der Waals surface area contributed by atoms with Crippen LogP contribution in [-0.4, -0.2) is 43.3 Å². The Hall–Kier alpha value is -3.51. The first-order valence-electron chi connectivity index (χ1n) is 16.0.